The smallest absolute Gasteiger partial charge is 0.226 e. The Morgan fingerprint density at radius 2 is 1.96 bits per heavy atom. The molecule has 1 aromatic heterocycles. The van der Waals surface area contributed by atoms with Crippen LogP contribution in [0.3, 0.4) is 0 Å². The van der Waals surface area contributed by atoms with E-state index < -0.39 is 0 Å². The van der Waals surface area contributed by atoms with Gasteiger partial charge in [0.05, 0.1) is 5.69 Å². The molecule has 0 fully saturated rings. The minimum absolute atomic E-state index is 0.0100. The molecule has 1 aliphatic heterocycles. The molecule has 0 spiro atoms. The average Bonchev–Trinajstić information content (AvgIpc) is 3.09. The van der Waals surface area contributed by atoms with Gasteiger partial charge in [-0.05, 0) is 37.6 Å². The highest BCUT2D eigenvalue weighted by molar-refractivity contribution is 7.14. The standard InChI is InChI=1S/C18H23N3O3S/c19-8-4-2-1-3-5-17(22)21-18-20-14(12-25-18)13-6-7-15-16(11-13)24-10-9-23-15/h6-7,11-12H,1-5,8-10,19H2,(H,20,21,22). The van der Waals surface area contributed by atoms with Gasteiger partial charge in [0.2, 0.25) is 5.91 Å². The Labute approximate surface area is 151 Å². The Morgan fingerprint density at radius 1 is 1.16 bits per heavy atom. The van der Waals surface area contributed by atoms with Gasteiger partial charge in [0.1, 0.15) is 13.2 Å². The number of hydrogen-bond donors (Lipinski definition) is 2. The van der Waals surface area contributed by atoms with Crippen molar-refractivity contribution in [3.05, 3.63) is 23.6 Å². The molecule has 7 heteroatoms. The van der Waals surface area contributed by atoms with Gasteiger partial charge in [0, 0.05) is 17.4 Å². The number of carbonyl (C=O) groups is 1. The van der Waals surface area contributed by atoms with Crippen LogP contribution in [0.5, 0.6) is 11.5 Å². The van der Waals surface area contributed by atoms with Gasteiger partial charge >= 0.3 is 0 Å². The number of carbonyl (C=O) groups excluding carboxylic acids is 1. The number of unbranched alkanes of at least 4 members (excludes halogenated alkanes) is 3. The van der Waals surface area contributed by atoms with E-state index in [0.717, 1.165) is 48.4 Å². The van der Waals surface area contributed by atoms with Crippen LogP contribution in [0.4, 0.5) is 5.13 Å². The maximum atomic E-state index is 12.0. The van der Waals surface area contributed by atoms with Crippen LogP contribution in [0.1, 0.15) is 32.1 Å². The number of hydrogen-bond acceptors (Lipinski definition) is 6. The normalized spacial score (nSPS) is 12.8. The third-order valence-electron chi connectivity index (χ3n) is 3.95. The first-order valence-electron chi connectivity index (χ1n) is 8.62. The van der Waals surface area contributed by atoms with E-state index in [1.54, 1.807) is 0 Å². The fraction of sp³-hybridized carbons (Fsp3) is 0.444. The maximum Gasteiger partial charge on any atom is 0.226 e. The molecule has 0 atom stereocenters. The van der Waals surface area contributed by atoms with Crippen molar-refractivity contribution in [2.45, 2.75) is 32.1 Å². The number of rotatable bonds is 8. The molecule has 2 heterocycles. The van der Waals surface area contributed by atoms with Crippen LogP contribution >= 0.6 is 11.3 Å². The molecule has 134 valence electrons. The summed E-state index contributed by atoms with van der Waals surface area (Å²) in [6, 6.07) is 5.76. The molecule has 3 N–H and O–H groups in total. The average molecular weight is 361 g/mol. The lowest BCUT2D eigenvalue weighted by atomic mass is 10.1. The Hall–Kier alpha value is -2.12. The zero-order valence-electron chi connectivity index (χ0n) is 14.1. The van der Waals surface area contributed by atoms with Crippen LogP contribution in [-0.4, -0.2) is 30.6 Å². The van der Waals surface area contributed by atoms with Crippen molar-refractivity contribution < 1.29 is 14.3 Å². The molecule has 2 aromatic rings. The summed E-state index contributed by atoms with van der Waals surface area (Å²) >= 11 is 1.43. The molecule has 0 unspecified atom stereocenters. The molecular weight excluding hydrogens is 338 g/mol. The number of ether oxygens (including phenoxy) is 2. The number of nitrogens with one attached hydrogen (secondary N) is 1. The monoisotopic (exact) mass is 361 g/mol. The van der Waals surface area contributed by atoms with Crippen molar-refractivity contribution in [1.29, 1.82) is 0 Å². The number of amides is 1. The van der Waals surface area contributed by atoms with Crippen LogP contribution in [0.15, 0.2) is 23.6 Å². The van der Waals surface area contributed by atoms with E-state index in [1.807, 2.05) is 23.6 Å². The highest BCUT2D eigenvalue weighted by Crippen LogP contribution is 2.35. The summed E-state index contributed by atoms with van der Waals surface area (Å²) in [5.74, 6) is 1.50. The molecule has 25 heavy (non-hydrogen) atoms. The van der Waals surface area contributed by atoms with Gasteiger partial charge in [0.25, 0.3) is 0 Å². The summed E-state index contributed by atoms with van der Waals surface area (Å²) in [6.45, 7) is 1.85. The number of nitrogens with zero attached hydrogens (tertiary/aromatic N) is 1. The molecule has 0 saturated carbocycles. The van der Waals surface area contributed by atoms with Gasteiger partial charge in [-0.1, -0.05) is 12.8 Å². The largest absolute Gasteiger partial charge is 0.486 e. The third-order valence-corrected chi connectivity index (χ3v) is 4.70. The summed E-state index contributed by atoms with van der Waals surface area (Å²) < 4.78 is 11.1. The highest BCUT2D eigenvalue weighted by Gasteiger charge is 2.14. The van der Waals surface area contributed by atoms with E-state index in [1.165, 1.54) is 11.3 Å². The van der Waals surface area contributed by atoms with E-state index in [4.69, 9.17) is 15.2 Å². The molecular formula is C18H23N3O3S. The summed E-state index contributed by atoms with van der Waals surface area (Å²) in [4.78, 5) is 16.5. The fourth-order valence-electron chi connectivity index (χ4n) is 2.63. The maximum absolute atomic E-state index is 12.0. The van der Waals surface area contributed by atoms with E-state index in [-0.39, 0.29) is 5.91 Å². The quantitative estimate of drug-likeness (QED) is 0.704. The van der Waals surface area contributed by atoms with Gasteiger partial charge in [-0.15, -0.1) is 11.3 Å². The minimum Gasteiger partial charge on any atom is -0.486 e. The van der Waals surface area contributed by atoms with E-state index >= 15 is 0 Å². The zero-order valence-corrected chi connectivity index (χ0v) is 14.9. The summed E-state index contributed by atoms with van der Waals surface area (Å²) in [7, 11) is 0. The molecule has 3 rings (SSSR count). The number of anilines is 1. The van der Waals surface area contributed by atoms with Gasteiger partial charge in [-0.25, -0.2) is 4.98 Å². The first kappa shape index (κ1) is 17.7. The second-order valence-electron chi connectivity index (χ2n) is 5.90. The highest BCUT2D eigenvalue weighted by atomic mass is 32.1. The summed E-state index contributed by atoms with van der Waals surface area (Å²) in [5, 5.41) is 5.43. The molecule has 6 nitrogen and oxygen atoms in total. The zero-order chi connectivity index (χ0) is 17.5. The molecule has 0 bridgehead atoms. The number of fused-ring (bicyclic) bond motifs is 1. The van der Waals surface area contributed by atoms with Crippen LogP contribution in [0, 0.1) is 0 Å². The van der Waals surface area contributed by atoms with Gasteiger partial charge in [0.15, 0.2) is 16.6 Å². The topological polar surface area (TPSA) is 86.5 Å². The summed E-state index contributed by atoms with van der Waals surface area (Å²) in [6.07, 6.45) is 4.53. The van der Waals surface area contributed by atoms with Crippen molar-refractivity contribution in [2.75, 3.05) is 25.1 Å². The molecule has 0 saturated heterocycles. The van der Waals surface area contributed by atoms with Crippen molar-refractivity contribution in [3.63, 3.8) is 0 Å². The van der Waals surface area contributed by atoms with E-state index in [9.17, 15) is 4.79 Å². The van der Waals surface area contributed by atoms with Gasteiger partial charge in [-0.3, -0.25) is 4.79 Å². The molecule has 0 aliphatic carbocycles. The molecule has 1 amide bonds. The lowest BCUT2D eigenvalue weighted by Gasteiger charge is -2.18. The second kappa shape index (κ2) is 8.82. The number of benzene rings is 1. The van der Waals surface area contributed by atoms with E-state index in [2.05, 4.69) is 10.3 Å². The predicted octanol–water partition coefficient (Wildman–Crippen LogP) is 3.43. The van der Waals surface area contributed by atoms with E-state index in [0.29, 0.717) is 31.3 Å². The second-order valence-corrected chi connectivity index (χ2v) is 6.76. The fourth-order valence-corrected chi connectivity index (χ4v) is 3.37. The van der Waals surface area contributed by atoms with Crippen molar-refractivity contribution >= 4 is 22.4 Å². The first-order valence-corrected chi connectivity index (χ1v) is 9.49. The molecule has 1 aliphatic rings. The minimum atomic E-state index is 0.0100. The van der Waals surface area contributed by atoms with Gasteiger partial charge in [-0.2, -0.15) is 0 Å². The van der Waals surface area contributed by atoms with Crippen LogP contribution in [0.25, 0.3) is 11.3 Å². The molecule has 0 radical (unpaired) electrons. The Bertz CT molecular complexity index is 717. The van der Waals surface area contributed by atoms with Crippen molar-refractivity contribution in [1.82, 2.24) is 4.98 Å². The number of nitrogens with two attached hydrogens (primary N) is 1. The van der Waals surface area contributed by atoms with Crippen molar-refractivity contribution in [3.8, 4) is 22.8 Å². The summed E-state index contributed by atoms with van der Waals surface area (Å²) in [5.41, 5.74) is 7.23. The van der Waals surface area contributed by atoms with Crippen LogP contribution < -0.4 is 20.5 Å². The lowest BCUT2D eigenvalue weighted by molar-refractivity contribution is -0.116. The number of thiazole rings is 1. The Balaban J connectivity index is 1.54. The SMILES string of the molecule is NCCCCCCC(=O)Nc1nc(-c2ccc3c(c2)OCCO3)cs1. The third kappa shape index (κ3) is 4.93. The Kier molecular flexibility index (Phi) is 6.25. The Morgan fingerprint density at radius 3 is 2.80 bits per heavy atom. The van der Waals surface area contributed by atoms with Crippen LogP contribution in [0.2, 0.25) is 0 Å². The first-order chi connectivity index (χ1) is 12.3. The van der Waals surface area contributed by atoms with Crippen molar-refractivity contribution in [2.24, 2.45) is 5.73 Å². The predicted molar refractivity (Wildman–Crippen MR) is 99.3 cm³/mol. The molecule has 1 aromatic carbocycles. The number of aromatic nitrogens is 1. The lowest BCUT2D eigenvalue weighted by Crippen LogP contribution is -2.15. The van der Waals surface area contributed by atoms with Crippen LogP contribution in [-0.2, 0) is 4.79 Å². The van der Waals surface area contributed by atoms with Gasteiger partial charge < -0.3 is 20.5 Å².